The van der Waals surface area contributed by atoms with Crippen LogP contribution in [0.3, 0.4) is 0 Å². The number of hydrogen-bond acceptors (Lipinski definition) is 4. The predicted molar refractivity (Wildman–Crippen MR) is 89.9 cm³/mol. The van der Waals surface area contributed by atoms with Crippen LogP contribution in [0, 0.1) is 11.3 Å². The van der Waals surface area contributed by atoms with E-state index in [9.17, 15) is 10.1 Å². The predicted octanol–water partition coefficient (Wildman–Crippen LogP) is 3.35. The first-order valence-electron chi connectivity index (χ1n) is 8.13. The number of ether oxygens (including phenoxy) is 1. The Morgan fingerprint density at radius 1 is 1.30 bits per heavy atom. The third-order valence-corrected chi connectivity index (χ3v) is 3.85. The second kappa shape index (κ2) is 8.84. The first-order valence-corrected chi connectivity index (χ1v) is 8.13. The fourth-order valence-corrected chi connectivity index (χ4v) is 2.63. The molecule has 0 unspecified atom stereocenters. The summed E-state index contributed by atoms with van der Waals surface area (Å²) < 4.78 is 5.37. The molecule has 1 amide bonds. The van der Waals surface area contributed by atoms with E-state index < -0.39 is 0 Å². The zero-order valence-corrected chi connectivity index (χ0v) is 13.5. The van der Waals surface area contributed by atoms with Gasteiger partial charge in [0.15, 0.2) is 0 Å². The molecule has 1 aromatic rings. The molecule has 1 saturated carbocycles. The second-order valence-corrected chi connectivity index (χ2v) is 5.58. The molecule has 1 aliphatic rings. The van der Waals surface area contributed by atoms with Gasteiger partial charge in [0.25, 0.3) is 5.91 Å². The van der Waals surface area contributed by atoms with Gasteiger partial charge < -0.3 is 15.4 Å². The molecule has 5 nitrogen and oxygen atoms in total. The first-order chi connectivity index (χ1) is 11.2. The van der Waals surface area contributed by atoms with Crippen molar-refractivity contribution in [2.45, 2.75) is 45.1 Å². The topological polar surface area (TPSA) is 74.1 Å². The van der Waals surface area contributed by atoms with E-state index in [1.54, 1.807) is 0 Å². The van der Waals surface area contributed by atoms with Crippen LogP contribution in [0.1, 0.15) is 39.0 Å². The van der Waals surface area contributed by atoms with Gasteiger partial charge in [0.2, 0.25) is 0 Å². The number of hydrogen-bond donors (Lipinski definition) is 2. The first kappa shape index (κ1) is 16.9. The van der Waals surface area contributed by atoms with Crippen molar-refractivity contribution in [2.24, 2.45) is 0 Å². The van der Waals surface area contributed by atoms with Gasteiger partial charge in [0.05, 0.1) is 6.61 Å². The van der Waals surface area contributed by atoms with Gasteiger partial charge in [-0.2, -0.15) is 5.26 Å². The fourth-order valence-electron chi connectivity index (χ4n) is 2.63. The molecule has 0 radical (unpaired) electrons. The van der Waals surface area contributed by atoms with Crippen LogP contribution in [0.15, 0.2) is 36.0 Å². The van der Waals surface area contributed by atoms with Gasteiger partial charge in [-0.05, 0) is 44.0 Å². The van der Waals surface area contributed by atoms with Gasteiger partial charge >= 0.3 is 0 Å². The van der Waals surface area contributed by atoms with E-state index in [1.165, 1.54) is 12.6 Å². The summed E-state index contributed by atoms with van der Waals surface area (Å²) in [5.41, 5.74) is 0.885. The number of nitriles is 1. The van der Waals surface area contributed by atoms with Crippen molar-refractivity contribution in [1.82, 2.24) is 5.32 Å². The van der Waals surface area contributed by atoms with Crippen LogP contribution in [-0.4, -0.2) is 18.6 Å². The van der Waals surface area contributed by atoms with Gasteiger partial charge in [0.1, 0.15) is 17.4 Å². The zero-order valence-electron chi connectivity index (χ0n) is 13.5. The maximum absolute atomic E-state index is 12.1. The summed E-state index contributed by atoms with van der Waals surface area (Å²) in [5, 5.41) is 15.1. The monoisotopic (exact) mass is 313 g/mol. The zero-order chi connectivity index (χ0) is 16.5. The number of carbonyl (C=O) groups is 1. The lowest BCUT2D eigenvalue weighted by molar-refractivity contribution is -0.118. The summed E-state index contributed by atoms with van der Waals surface area (Å²) in [6.07, 6.45) is 6.95. The molecule has 0 aromatic heterocycles. The molecule has 0 heterocycles. The highest BCUT2D eigenvalue weighted by Gasteiger charge is 2.17. The molecule has 1 aromatic carbocycles. The van der Waals surface area contributed by atoms with Gasteiger partial charge in [0, 0.05) is 17.9 Å². The van der Waals surface area contributed by atoms with Crippen molar-refractivity contribution in [2.75, 3.05) is 11.9 Å². The van der Waals surface area contributed by atoms with Crippen LogP contribution < -0.4 is 15.4 Å². The fraction of sp³-hybridized carbons (Fsp3) is 0.444. The molecule has 2 rings (SSSR count). The number of benzene rings is 1. The van der Waals surface area contributed by atoms with Gasteiger partial charge in [-0.1, -0.05) is 19.3 Å². The van der Waals surface area contributed by atoms with Crippen LogP contribution in [0.5, 0.6) is 5.75 Å². The van der Waals surface area contributed by atoms with Crippen molar-refractivity contribution in [3.05, 3.63) is 36.0 Å². The number of rotatable bonds is 6. The summed E-state index contributed by atoms with van der Waals surface area (Å²) in [5.74, 6) is 0.482. The van der Waals surface area contributed by atoms with Crippen LogP contribution in [0.4, 0.5) is 5.69 Å². The Kier molecular flexibility index (Phi) is 6.49. The molecule has 0 bridgehead atoms. The number of nitrogens with zero attached hydrogens (tertiary/aromatic N) is 1. The molecule has 0 aliphatic heterocycles. The van der Waals surface area contributed by atoms with Crippen LogP contribution in [-0.2, 0) is 4.79 Å². The van der Waals surface area contributed by atoms with Crippen LogP contribution in [0.25, 0.3) is 0 Å². The van der Waals surface area contributed by atoms with Crippen LogP contribution >= 0.6 is 0 Å². The van der Waals surface area contributed by atoms with E-state index in [-0.39, 0.29) is 17.5 Å². The third-order valence-electron chi connectivity index (χ3n) is 3.85. The Morgan fingerprint density at radius 3 is 2.61 bits per heavy atom. The van der Waals surface area contributed by atoms with E-state index in [2.05, 4.69) is 10.6 Å². The van der Waals surface area contributed by atoms with Crippen molar-refractivity contribution in [1.29, 1.82) is 5.26 Å². The summed E-state index contributed by atoms with van der Waals surface area (Å²) >= 11 is 0. The Morgan fingerprint density at radius 2 is 2.00 bits per heavy atom. The third kappa shape index (κ3) is 5.33. The van der Waals surface area contributed by atoms with Crippen LogP contribution in [0.2, 0.25) is 0 Å². The SMILES string of the molecule is CCOc1ccc(N/C=C(/C#N)C(=O)NC2CCCCC2)cc1. The maximum Gasteiger partial charge on any atom is 0.263 e. The Hall–Kier alpha value is -2.48. The van der Waals surface area contributed by atoms with E-state index in [0.717, 1.165) is 37.1 Å². The molecule has 1 fully saturated rings. The molecule has 1 aliphatic carbocycles. The molecule has 122 valence electrons. The minimum absolute atomic E-state index is 0.0875. The van der Waals surface area contributed by atoms with Gasteiger partial charge in [-0.15, -0.1) is 0 Å². The Bertz CT molecular complexity index is 581. The van der Waals surface area contributed by atoms with Gasteiger partial charge in [-0.3, -0.25) is 4.79 Å². The molecular formula is C18H23N3O2. The van der Waals surface area contributed by atoms with E-state index >= 15 is 0 Å². The quantitative estimate of drug-likeness (QED) is 0.624. The lowest BCUT2D eigenvalue weighted by Gasteiger charge is -2.22. The maximum atomic E-state index is 12.1. The van der Waals surface area contributed by atoms with Crippen molar-refractivity contribution in [3.63, 3.8) is 0 Å². The number of carbonyl (C=O) groups excluding carboxylic acids is 1. The largest absolute Gasteiger partial charge is 0.494 e. The molecular weight excluding hydrogens is 290 g/mol. The number of anilines is 1. The smallest absolute Gasteiger partial charge is 0.263 e. The van der Waals surface area contributed by atoms with Crippen molar-refractivity contribution < 1.29 is 9.53 Å². The lowest BCUT2D eigenvalue weighted by Crippen LogP contribution is -2.37. The molecule has 23 heavy (non-hydrogen) atoms. The van der Waals surface area contributed by atoms with Crippen molar-refractivity contribution >= 4 is 11.6 Å². The molecule has 0 saturated heterocycles. The van der Waals surface area contributed by atoms with Gasteiger partial charge in [-0.25, -0.2) is 0 Å². The second-order valence-electron chi connectivity index (χ2n) is 5.58. The van der Waals surface area contributed by atoms with E-state index in [1.807, 2.05) is 37.3 Å². The van der Waals surface area contributed by atoms with Crippen molar-refractivity contribution in [3.8, 4) is 11.8 Å². The molecule has 2 N–H and O–H groups in total. The van der Waals surface area contributed by atoms with E-state index in [4.69, 9.17) is 4.74 Å². The minimum atomic E-state index is -0.308. The lowest BCUT2D eigenvalue weighted by atomic mass is 9.95. The summed E-state index contributed by atoms with van der Waals surface area (Å²) in [7, 11) is 0. The minimum Gasteiger partial charge on any atom is -0.494 e. The standard InChI is InChI=1S/C18H23N3O2/c1-2-23-17-10-8-15(9-11-17)20-13-14(12-19)18(22)21-16-6-4-3-5-7-16/h8-11,13,16,20H,2-7H2,1H3,(H,21,22)/b14-13-. The summed E-state index contributed by atoms with van der Waals surface area (Å²) in [4.78, 5) is 12.1. The highest BCUT2D eigenvalue weighted by atomic mass is 16.5. The highest BCUT2D eigenvalue weighted by Crippen LogP contribution is 2.18. The molecule has 5 heteroatoms. The highest BCUT2D eigenvalue weighted by molar-refractivity contribution is 5.97. The molecule has 0 atom stereocenters. The average molecular weight is 313 g/mol. The average Bonchev–Trinajstić information content (AvgIpc) is 2.58. The number of nitrogens with one attached hydrogen (secondary N) is 2. The Balaban J connectivity index is 1.92. The molecule has 0 spiro atoms. The number of amides is 1. The summed E-state index contributed by atoms with van der Waals surface area (Å²) in [6.45, 7) is 2.55. The Labute approximate surface area is 137 Å². The normalized spacial score (nSPS) is 15.6. The van der Waals surface area contributed by atoms with E-state index in [0.29, 0.717) is 6.61 Å². The summed E-state index contributed by atoms with van der Waals surface area (Å²) in [6, 6.07) is 9.52.